The van der Waals surface area contributed by atoms with Crippen molar-refractivity contribution in [1.29, 1.82) is 0 Å². The molecule has 0 bridgehead atoms. The molecule has 9 heavy (non-hydrogen) atoms. The fourth-order valence-electron chi connectivity index (χ4n) is 0.598. The Hall–Kier alpha value is 0.0200. The average Bonchev–Trinajstić information content (AvgIpc) is 2.23. The SMILES string of the molecule is CC.CC1=[N+](C)CCS1. The molecule has 1 heterocycles. The third-order valence-electron chi connectivity index (χ3n) is 1.28. The highest BCUT2D eigenvalue weighted by molar-refractivity contribution is 8.13. The summed E-state index contributed by atoms with van der Waals surface area (Å²) in [7, 11) is 2.13. The molecule has 0 amide bonds. The van der Waals surface area contributed by atoms with Crippen LogP contribution >= 0.6 is 11.8 Å². The van der Waals surface area contributed by atoms with Gasteiger partial charge in [0, 0.05) is 6.92 Å². The summed E-state index contributed by atoms with van der Waals surface area (Å²) in [5, 5.41) is 1.46. The van der Waals surface area contributed by atoms with Gasteiger partial charge < -0.3 is 0 Å². The lowest BCUT2D eigenvalue weighted by molar-refractivity contribution is -0.486. The van der Waals surface area contributed by atoms with Gasteiger partial charge in [-0.25, -0.2) is 4.58 Å². The van der Waals surface area contributed by atoms with E-state index in [0.29, 0.717) is 0 Å². The lowest BCUT2D eigenvalue weighted by atomic mass is 10.7. The molecule has 0 atom stereocenters. The summed E-state index contributed by atoms with van der Waals surface area (Å²) in [6.45, 7) is 7.40. The molecule has 0 aromatic carbocycles. The minimum Gasteiger partial charge on any atom is -0.230 e. The maximum absolute atomic E-state index is 2.28. The Balaban J connectivity index is 0.000000291. The van der Waals surface area contributed by atoms with Gasteiger partial charge in [0.05, 0.1) is 5.75 Å². The molecule has 1 rings (SSSR count). The van der Waals surface area contributed by atoms with E-state index in [4.69, 9.17) is 0 Å². The third kappa shape index (κ3) is 2.89. The molecule has 0 radical (unpaired) electrons. The predicted octanol–water partition coefficient (Wildman–Crippen LogP) is 1.82. The summed E-state index contributed by atoms with van der Waals surface area (Å²) in [6.07, 6.45) is 0. The normalized spacial score (nSPS) is 17.3. The van der Waals surface area contributed by atoms with Crippen LogP contribution in [0.4, 0.5) is 0 Å². The second-order valence-corrected chi connectivity index (χ2v) is 3.08. The van der Waals surface area contributed by atoms with Crippen molar-refractivity contribution in [3.63, 3.8) is 0 Å². The zero-order chi connectivity index (χ0) is 7.28. The molecule has 2 heteroatoms. The fourth-order valence-corrected chi connectivity index (χ4v) is 1.57. The zero-order valence-corrected chi connectivity index (χ0v) is 7.59. The highest BCUT2D eigenvalue weighted by Gasteiger charge is 2.12. The van der Waals surface area contributed by atoms with Gasteiger partial charge in [0.1, 0.15) is 7.05 Å². The van der Waals surface area contributed by atoms with Crippen LogP contribution in [0.1, 0.15) is 20.8 Å². The largest absolute Gasteiger partial charge is 0.230 e. The van der Waals surface area contributed by atoms with Gasteiger partial charge >= 0.3 is 0 Å². The number of hydrogen-bond donors (Lipinski definition) is 0. The van der Waals surface area contributed by atoms with Gasteiger partial charge in [0.15, 0.2) is 6.54 Å². The van der Waals surface area contributed by atoms with Gasteiger partial charge in [-0.3, -0.25) is 0 Å². The minimum atomic E-state index is 1.23. The van der Waals surface area contributed by atoms with E-state index < -0.39 is 0 Å². The monoisotopic (exact) mass is 146 g/mol. The Kier molecular flexibility index (Phi) is 4.87. The molecule has 0 fully saturated rings. The van der Waals surface area contributed by atoms with E-state index in [-0.39, 0.29) is 0 Å². The Morgan fingerprint density at radius 2 is 2.00 bits per heavy atom. The zero-order valence-electron chi connectivity index (χ0n) is 6.77. The van der Waals surface area contributed by atoms with Crippen LogP contribution in [0.15, 0.2) is 0 Å². The van der Waals surface area contributed by atoms with Gasteiger partial charge in [-0.05, 0) is 0 Å². The number of thioether (sulfide) groups is 1. The van der Waals surface area contributed by atoms with E-state index in [1.165, 1.54) is 17.3 Å². The molecule has 0 unspecified atom stereocenters. The highest BCUT2D eigenvalue weighted by atomic mass is 32.2. The summed E-state index contributed by atoms with van der Waals surface area (Å²) in [4.78, 5) is 0. The molecule has 0 aromatic rings. The molecule has 0 aliphatic carbocycles. The van der Waals surface area contributed by atoms with Crippen LogP contribution in [0.25, 0.3) is 0 Å². The summed E-state index contributed by atoms with van der Waals surface area (Å²) in [5.41, 5.74) is 0. The maximum Gasteiger partial charge on any atom is 0.207 e. The molecule has 0 saturated heterocycles. The van der Waals surface area contributed by atoms with Crippen molar-refractivity contribution in [2.75, 3.05) is 19.3 Å². The van der Waals surface area contributed by atoms with Crippen LogP contribution in [-0.2, 0) is 0 Å². The smallest absolute Gasteiger partial charge is 0.207 e. The first kappa shape index (κ1) is 9.02. The van der Waals surface area contributed by atoms with Crippen molar-refractivity contribution in [2.45, 2.75) is 20.8 Å². The molecule has 1 aliphatic heterocycles. The van der Waals surface area contributed by atoms with Crippen molar-refractivity contribution in [2.24, 2.45) is 0 Å². The molecule has 0 spiro atoms. The van der Waals surface area contributed by atoms with Crippen molar-refractivity contribution in [3.8, 4) is 0 Å². The van der Waals surface area contributed by atoms with Crippen molar-refractivity contribution < 1.29 is 4.58 Å². The molecule has 0 saturated carbocycles. The van der Waals surface area contributed by atoms with Crippen LogP contribution in [0.2, 0.25) is 0 Å². The van der Waals surface area contributed by atoms with Crippen LogP contribution in [0.3, 0.4) is 0 Å². The van der Waals surface area contributed by atoms with Gasteiger partial charge in [-0.15, -0.1) is 0 Å². The second kappa shape index (κ2) is 4.86. The minimum absolute atomic E-state index is 1.23. The van der Waals surface area contributed by atoms with Crippen LogP contribution in [0.5, 0.6) is 0 Å². The summed E-state index contributed by atoms with van der Waals surface area (Å²) < 4.78 is 2.28. The fraction of sp³-hybridized carbons (Fsp3) is 0.857. The molecule has 54 valence electrons. The standard InChI is InChI=1S/C5H10NS.C2H6/c1-5-6(2)3-4-7-5;1-2/h3-4H2,1-2H3;1-2H3/q+1;. The van der Waals surface area contributed by atoms with Crippen molar-refractivity contribution >= 4 is 16.8 Å². The molecule has 1 nitrogen and oxygen atoms in total. The van der Waals surface area contributed by atoms with Gasteiger partial charge in [0.2, 0.25) is 5.04 Å². The topological polar surface area (TPSA) is 3.01 Å². The number of rotatable bonds is 0. The quantitative estimate of drug-likeness (QED) is 0.471. The number of nitrogens with zero attached hydrogens (tertiary/aromatic N) is 1. The van der Waals surface area contributed by atoms with Crippen molar-refractivity contribution in [1.82, 2.24) is 0 Å². The van der Waals surface area contributed by atoms with Gasteiger partial charge in [-0.2, -0.15) is 0 Å². The first-order valence-corrected chi connectivity index (χ1v) is 4.47. The van der Waals surface area contributed by atoms with Gasteiger partial charge in [0.25, 0.3) is 0 Å². The summed E-state index contributed by atoms with van der Waals surface area (Å²) in [5.74, 6) is 1.28. The van der Waals surface area contributed by atoms with E-state index in [1.54, 1.807) is 0 Å². The molecule has 0 aromatic heterocycles. The Bertz CT molecular complexity index is 95.5. The second-order valence-electron chi connectivity index (χ2n) is 1.79. The van der Waals surface area contributed by atoms with E-state index in [0.717, 1.165) is 0 Å². The summed E-state index contributed by atoms with van der Waals surface area (Å²) >= 11 is 1.95. The Labute approximate surface area is 62.2 Å². The third-order valence-corrected chi connectivity index (χ3v) is 2.39. The lowest BCUT2D eigenvalue weighted by Crippen LogP contribution is -2.04. The maximum atomic E-state index is 2.28. The molecule has 0 N–H and O–H groups in total. The first-order valence-electron chi connectivity index (χ1n) is 3.48. The summed E-state index contributed by atoms with van der Waals surface area (Å²) in [6, 6.07) is 0. The lowest BCUT2D eigenvalue weighted by Gasteiger charge is -1.81. The molecule has 1 aliphatic rings. The predicted molar refractivity (Wildman–Crippen MR) is 45.5 cm³/mol. The van der Waals surface area contributed by atoms with Crippen LogP contribution in [-0.4, -0.2) is 29.0 Å². The average molecular weight is 146 g/mol. The highest BCUT2D eigenvalue weighted by Crippen LogP contribution is 2.08. The van der Waals surface area contributed by atoms with Crippen LogP contribution < -0.4 is 0 Å². The Morgan fingerprint density at radius 1 is 1.44 bits per heavy atom. The van der Waals surface area contributed by atoms with Crippen LogP contribution in [0, 0.1) is 0 Å². The van der Waals surface area contributed by atoms with E-state index in [9.17, 15) is 0 Å². The van der Waals surface area contributed by atoms with Crippen molar-refractivity contribution in [3.05, 3.63) is 0 Å². The van der Waals surface area contributed by atoms with E-state index >= 15 is 0 Å². The number of hydrogen-bond acceptors (Lipinski definition) is 1. The molecular weight excluding hydrogens is 130 g/mol. The Morgan fingerprint density at radius 3 is 2.11 bits per heavy atom. The first-order chi connectivity index (χ1) is 4.30. The van der Waals surface area contributed by atoms with Gasteiger partial charge in [-0.1, -0.05) is 25.6 Å². The van der Waals surface area contributed by atoms with E-state index in [1.807, 2.05) is 25.6 Å². The van der Waals surface area contributed by atoms with E-state index in [2.05, 4.69) is 18.5 Å². The molecular formula is C7H16NS+.